The quantitative estimate of drug-likeness (QED) is 0.709. The first kappa shape index (κ1) is 9.06. The minimum Gasteiger partial charge on any atom is -0.508 e. The Morgan fingerprint density at radius 2 is 2.29 bits per heavy atom. The Labute approximate surface area is 82.8 Å². The van der Waals surface area contributed by atoms with E-state index in [-0.39, 0.29) is 17.7 Å². The third kappa shape index (κ3) is 1.58. The lowest BCUT2D eigenvalue weighted by Gasteiger charge is -2.12. The Bertz CT molecular complexity index is 374. The van der Waals surface area contributed by atoms with Crippen LogP contribution in [0.1, 0.15) is 30.0 Å². The fraction of sp³-hybridized carbons (Fsp3) is 0.364. The third-order valence-corrected chi connectivity index (χ3v) is 2.56. The first-order valence-electron chi connectivity index (χ1n) is 4.75. The smallest absolute Gasteiger partial charge is 0.220 e. The second-order valence-electron chi connectivity index (χ2n) is 3.72. The second kappa shape index (κ2) is 3.33. The van der Waals surface area contributed by atoms with E-state index >= 15 is 0 Å². The lowest BCUT2D eigenvalue weighted by atomic mass is 10.0. The van der Waals surface area contributed by atoms with Crippen LogP contribution < -0.4 is 5.32 Å². The summed E-state index contributed by atoms with van der Waals surface area (Å²) in [6.07, 6.45) is 1.33. The van der Waals surface area contributed by atoms with Gasteiger partial charge in [-0.25, -0.2) is 0 Å². The zero-order chi connectivity index (χ0) is 10.1. The zero-order valence-electron chi connectivity index (χ0n) is 8.08. The monoisotopic (exact) mass is 191 g/mol. The Kier molecular flexibility index (Phi) is 2.15. The standard InChI is InChI=1S/C11H13NO2/c1-7-2-3-8(10(13)6-7)9-4-5-11(14)12-9/h2-3,6,9,13H,4-5H2,1H3,(H,12,14). The zero-order valence-corrected chi connectivity index (χ0v) is 8.08. The molecule has 74 valence electrons. The van der Waals surface area contributed by atoms with Gasteiger partial charge in [0.05, 0.1) is 6.04 Å². The number of hydrogen-bond donors (Lipinski definition) is 2. The molecule has 3 nitrogen and oxygen atoms in total. The van der Waals surface area contributed by atoms with E-state index in [1.807, 2.05) is 19.1 Å². The van der Waals surface area contributed by atoms with Gasteiger partial charge >= 0.3 is 0 Å². The highest BCUT2D eigenvalue weighted by Crippen LogP contribution is 2.30. The molecular formula is C11H13NO2. The molecule has 1 amide bonds. The summed E-state index contributed by atoms with van der Waals surface area (Å²) in [5.41, 5.74) is 1.84. The van der Waals surface area contributed by atoms with Gasteiger partial charge in [-0.05, 0) is 25.0 Å². The summed E-state index contributed by atoms with van der Waals surface area (Å²) in [6.45, 7) is 1.93. The molecule has 2 rings (SSSR count). The van der Waals surface area contributed by atoms with Gasteiger partial charge in [0.2, 0.25) is 5.91 Å². The SMILES string of the molecule is Cc1ccc(C2CCC(=O)N2)c(O)c1. The van der Waals surface area contributed by atoms with Crippen LogP contribution in [0.2, 0.25) is 0 Å². The van der Waals surface area contributed by atoms with E-state index in [9.17, 15) is 9.90 Å². The van der Waals surface area contributed by atoms with Crippen LogP contribution in [0.4, 0.5) is 0 Å². The summed E-state index contributed by atoms with van der Waals surface area (Å²) in [5.74, 6) is 0.340. The molecule has 0 aromatic heterocycles. The molecule has 0 aliphatic carbocycles. The summed E-state index contributed by atoms with van der Waals surface area (Å²) in [7, 11) is 0. The highest BCUT2D eigenvalue weighted by molar-refractivity contribution is 5.78. The highest BCUT2D eigenvalue weighted by Gasteiger charge is 2.24. The molecule has 0 spiro atoms. The molecule has 1 aliphatic heterocycles. The maximum atomic E-state index is 11.0. The van der Waals surface area contributed by atoms with Gasteiger partial charge in [0.25, 0.3) is 0 Å². The van der Waals surface area contributed by atoms with E-state index < -0.39 is 0 Å². The molecule has 1 fully saturated rings. The third-order valence-electron chi connectivity index (χ3n) is 2.56. The van der Waals surface area contributed by atoms with Gasteiger partial charge in [-0.15, -0.1) is 0 Å². The van der Waals surface area contributed by atoms with Gasteiger partial charge in [-0.2, -0.15) is 0 Å². The number of phenols is 1. The molecule has 14 heavy (non-hydrogen) atoms. The average molecular weight is 191 g/mol. The van der Waals surface area contributed by atoms with E-state index in [0.29, 0.717) is 6.42 Å². The number of benzene rings is 1. The molecule has 1 atom stereocenters. The van der Waals surface area contributed by atoms with Crippen LogP contribution in [-0.2, 0) is 4.79 Å². The molecule has 1 aromatic rings. The van der Waals surface area contributed by atoms with E-state index in [2.05, 4.69) is 5.32 Å². The number of aromatic hydroxyl groups is 1. The van der Waals surface area contributed by atoms with Crippen LogP contribution >= 0.6 is 0 Å². The Morgan fingerprint density at radius 1 is 1.50 bits per heavy atom. The van der Waals surface area contributed by atoms with Crippen LogP contribution in [0, 0.1) is 6.92 Å². The first-order valence-corrected chi connectivity index (χ1v) is 4.75. The lowest BCUT2D eigenvalue weighted by Crippen LogP contribution is -2.18. The molecule has 3 heteroatoms. The van der Waals surface area contributed by atoms with E-state index in [4.69, 9.17) is 0 Å². The van der Waals surface area contributed by atoms with Crippen LogP contribution in [0.15, 0.2) is 18.2 Å². The van der Waals surface area contributed by atoms with Gasteiger partial charge in [-0.1, -0.05) is 12.1 Å². The van der Waals surface area contributed by atoms with Gasteiger partial charge in [0.15, 0.2) is 0 Å². The van der Waals surface area contributed by atoms with Crippen molar-refractivity contribution in [3.8, 4) is 5.75 Å². The first-order chi connectivity index (χ1) is 6.66. The molecule has 1 aromatic carbocycles. The molecule has 1 saturated heterocycles. The van der Waals surface area contributed by atoms with Crippen molar-refractivity contribution in [3.05, 3.63) is 29.3 Å². The Balaban J connectivity index is 2.28. The highest BCUT2D eigenvalue weighted by atomic mass is 16.3. The van der Waals surface area contributed by atoms with E-state index in [1.54, 1.807) is 6.07 Å². The largest absolute Gasteiger partial charge is 0.508 e. The van der Waals surface area contributed by atoms with Crippen molar-refractivity contribution in [2.45, 2.75) is 25.8 Å². The lowest BCUT2D eigenvalue weighted by molar-refractivity contribution is -0.119. The summed E-state index contributed by atoms with van der Waals surface area (Å²) >= 11 is 0. The minimum atomic E-state index is -0.0110. The maximum absolute atomic E-state index is 11.0. The summed E-state index contributed by atoms with van der Waals surface area (Å²) in [5, 5.41) is 12.5. The molecule has 0 saturated carbocycles. The van der Waals surface area contributed by atoms with Gasteiger partial charge in [0.1, 0.15) is 5.75 Å². The molecule has 0 bridgehead atoms. The number of carbonyl (C=O) groups excluding carboxylic acids is 1. The van der Waals surface area contributed by atoms with Gasteiger partial charge < -0.3 is 10.4 Å². The number of phenolic OH excluding ortho intramolecular Hbond substituents is 1. The molecule has 1 heterocycles. The van der Waals surface area contributed by atoms with Crippen molar-refractivity contribution in [2.24, 2.45) is 0 Å². The van der Waals surface area contributed by atoms with Gasteiger partial charge in [0, 0.05) is 12.0 Å². The van der Waals surface area contributed by atoms with E-state index in [0.717, 1.165) is 17.5 Å². The number of hydrogen-bond acceptors (Lipinski definition) is 2. The Morgan fingerprint density at radius 3 is 2.86 bits per heavy atom. The molecule has 2 N–H and O–H groups in total. The summed E-state index contributed by atoms with van der Waals surface area (Å²) in [4.78, 5) is 11.0. The van der Waals surface area contributed by atoms with E-state index in [1.165, 1.54) is 0 Å². The number of amides is 1. The number of aryl methyl sites for hydroxylation is 1. The predicted molar refractivity (Wildman–Crippen MR) is 53.0 cm³/mol. The normalized spacial score (nSPS) is 20.9. The van der Waals surface area contributed by atoms with Crippen LogP contribution in [-0.4, -0.2) is 11.0 Å². The van der Waals surface area contributed by atoms with Crippen LogP contribution in [0.25, 0.3) is 0 Å². The Hall–Kier alpha value is -1.51. The van der Waals surface area contributed by atoms with Crippen molar-refractivity contribution in [3.63, 3.8) is 0 Å². The van der Waals surface area contributed by atoms with Crippen molar-refractivity contribution >= 4 is 5.91 Å². The molecule has 0 radical (unpaired) electrons. The predicted octanol–water partition coefficient (Wildman–Crippen LogP) is 1.65. The molecule has 1 aliphatic rings. The van der Waals surface area contributed by atoms with Gasteiger partial charge in [-0.3, -0.25) is 4.79 Å². The second-order valence-corrected chi connectivity index (χ2v) is 3.72. The summed E-state index contributed by atoms with van der Waals surface area (Å²) < 4.78 is 0. The van der Waals surface area contributed by atoms with Crippen molar-refractivity contribution < 1.29 is 9.90 Å². The summed E-state index contributed by atoms with van der Waals surface area (Å²) in [6, 6.07) is 5.53. The number of rotatable bonds is 1. The van der Waals surface area contributed by atoms with Crippen molar-refractivity contribution in [2.75, 3.05) is 0 Å². The molecule has 1 unspecified atom stereocenters. The topological polar surface area (TPSA) is 49.3 Å². The minimum absolute atomic E-state index is 0.0110. The fourth-order valence-electron chi connectivity index (χ4n) is 1.80. The average Bonchev–Trinajstić information content (AvgIpc) is 2.51. The fourth-order valence-corrected chi connectivity index (χ4v) is 1.80. The van der Waals surface area contributed by atoms with Crippen molar-refractivity contribution in [1.82, 2.24) is 5.32 Å². The maximum Gasteiger partial charge on any atom is 0.220 e. The van der Waals surface area contributed by atoms with Crippen molar-refractivity contribution in [1.29, 1.82) is 0 Å². The van der Waals surface area contributed by atoms with Crippen LogP contribution in [0.5, 0.6) is 5.75 Å². The number of nitrogens with one attached hydrogen (secondary N) is 1. The number of carbonyl (C=O) groups is 1. The molecular weight excluding hydrogens is 178 g/mol. The van der Waals surface area contributed by atoms with Crippen LogP contribution in [0.3, 0.4) is 0 Å².